The van der Waals surface area contributed by atoms with Crippen LogP contribution in [0.3, 0.4) is 0 Å². The fourth-order valence-electron chi connectivity index (χ4n) is 2.83. The average molecular weight is 505 g/mol. The Labute approximate surface area is 188 Å². The van der Waals surface area contributed by atoms with E-state index in [4.69, 9.17) is 49.6 Å². The first-order valence-electron chi connectivity index (χ1n) is 8.89. The lowest BCUT2D eigenvalue weighted by Crippen LogP contribution is -2.40. The number of halogens is 3. The largest absolute Gasteiger partial charge is 0.490 e. The van der Waals surface area contributed by atoms with Gasteiger partial charge < -0.3 is 19.1 Å². The van der Waals surface area contributed by atoms with E-state index in [-0.39, 0.29) is 0 Å². The molecule has 8 heteroatoms. The summed E-state index contributed by atoms with van der Waals surface area (Å²) in [5, 5.41) is 1.15. The van der Waals surface area contributed by atoms with Gasteiger partial charge >= 0.3 is 0 Å². The summed E-state index contributed by atoms with van der Waals surface area (Å²) in [6.45, 7) is 5.67. The van der Waals surface area contributed by atoms with Crippen molar-refractivity contribution in [3.63, 3.8) is 0 Å². The molecule has 0 N–H and O–H groups in total. The zero-order valence-corrected chi connectivity index (χ0v) is 19.3. The molecule has 1 heterocycles. The highest BCUT2D eigenvalue weighted by Gasteiger charge is 2.19. The van der Waals surface area contributed by atoms with E-state index in [1.54, 1.807) is 12.1 Å². The molecule has 28 heavy (non-hydrogen) atoms. The van der Waals surface area contributed by atoms with Crippen molar-refractivity contribution in [1.29, 1.82) is 0 Å². The molecule has 1 saturated heterocycles. The van der Waals surface area contributed by atoms with E-state index in [1.165, 1.54) is 0 Å². The number of benzene rings is 2. The van der Waals surface area contributed by atoms with E-state index >= 15 is 0 Å². The summed E-state index contributed by atoms with van der Waals surface area (Å²) in [5.41, 5.74) is 1.75. The van der Waals surface area contributed by atoms with Crippen LogP contribution in [0.4, 0.5) is 0 Å². The molecule has 0 bridgehead atoms. The molecule has 2 aromatic rings. The van der Waals surface area contributed by atoms with Gasteiger partial charge in [0.25, 0.3) is 0 Å². The minimum Gasteiger partial charge on any atom is -0.490 e. The van der Waals surface area contributed by atoms with Gasteiger partial charge in [-0.25, -0.2) is 0 Å². The maximum absolute atomic E-state index is 6.25. The van der Waals surface area contributed by atoms with Crippen LogP contribution < -0.4 is 9.47 Å². The number of rotatable bonds is 6. The highest BCUT2D eigenvalue weighted by atomic mass is 79.9. The van der Waals surface area contributed by atoms with Gasteiger partial charge in [-0.15, -0.1) is 0 Å². The molecule has 0 aliphatic carbocycles. The van der Waals surface area contributed by atoms with Crippen molar-refractivity contribution < 1.29 is 14.2 Å². The average Bonchev–Trinajstić information content (AvgIpc) is 2.69. The third kappa shape index (κ3) is 5.30. The third-order valence-corrected chi connectivity index (χ3v) is 5.91. The lowest BCUT2D eigenvalue weighted by atomic mass is 10.1. The number of morpholine rings is 1. The summed E-state index contributed by atoms with van der Waals surface area (Å²) >= 11 is 21.5. The van der Waals surface area contributed by atoms with Gasteiger partial charge in [0, 0.05) is 34.3 Å². The Morgan fingerprint density at radius 2 is 1.93 bits per heavy atom. The summed E-state index contributed by atoms with van der Waals surface area (Å²) in [4.78, 5) is 2.92. The monoisotopic (exact) mass is 503 g/mol. The molecule has 2 aromatic carbocycles. The first-order chi connectivity index (χ1) is 13.5. The van der Waals surface area contributed by atoms with Crippen molar-refractivity contribution in [2.45, 2.75) is 13.5 Å². The van der Waals surface area contributed by atoms with Crippen LogP contribution in [0.5, 0.6) is 11.5 Å². The molecule has 0 spiro atoms. The predicted octanol–water partition coefficient (Wildman–Crippen LogP) is 5.74. The lowest BCUT2D eigenvalue weighted by molar-refractivity contribution is 0.0693. The Morgan fingerprint density at radius 1 is 1.18 bits per heavy atom. The maximum atomic E-state index is 6.25. The van der Waals surface area contributed by atoms with E-state index in [0.717, 1.165) is 33.7 Å². The fraction of sp³-hybridized carbons (Fsp3) is 0.350. The van der Waals surface area contributed by atoms with Crippen LogP contribution in [0.1, 0.15) is 18.1 Å². The van der Waals surface area contributed by atoms with Crippen LogP contribution in [-0.2, 0) is 11.3 Å². The molecule has 0 aromatic heterocycles. The Kier molecular flexibility index (Phi) is 7.83. The minimum absolute atomic E-state index is 0.294. The lowest BCUT2D eigenvalue weighted by Gasteiger charge is -2.29. The molecular formula is C20H20BrCl2NO3S. The molecule has 0 atom stereocenters. The molecule has 0 saturated carbocycles. The Balaban J connectivity index is 1.83. The van der Waals surface area contributed by atoms with Crippen LogP contribution >= 0.6 is 51.3 Å². The molecule has 1 aliphatic rings. The molecule has 3 rings (SSSR count). The fourth-order valence-corrected chi connectivity index (χ4v) is 4.15. The highest BCUT2D eigenvalue weighted by Crippen LogP contribution is 2.38. The molecule has 1 aliphatic heterocycles. The second kappa shape index (κ2) is 10.1. The van der Waals surface area contributed by atoms with Crippen LogP contribution in [0.25, 0.3) is 0 Å². The van der Waals surface area contributed by atoms with Gasteiger partial charge in [-0.1, -0.05) is 41.5 Å². The SMILES string of the molecule is CCOc1cc(C(=S)N2CCOCC2)cc(Br)c1OCc1ccc(Cl)cc1Cl. The molecule has 150 valence electrons. The van der Waals surface area contributed by atoms with Gasteiger partial charge in [-0.05, 0) is 47.1 Å². The first kappa shape index (κ1) is 21.7. The first-order valence-corrected chi connectivity index (χ1v) is 10.9. The Hall–Kier alpha value is -1.05. The predicted molar refractivity (Wildman–Crippen MR) is 120 cm³/mol. The smallest absolute Gasteiger partial charge is 0.175 e. The molecule has 4 nitrogen and oxygen atoms in total. The zero-order valence-electron chi connectivity index (χ0n) is 15.3. The number of thiocarbonyl (C=S) groups is 1. The van der Waals surface area contributed by atoms with Crippen LogP contribution in [0.2, 0.25) is 10.0 Å². The van der Waals surface area contributed by atoms with Gasteiger partial charge in [0.1, 0.15) is 11.6 Å². The van der Waals surface area contributed by atoms with E-state index in [0.29, 0.717) is 48.0 Å². The molecule has 1 fully saturated rings. The van der Waals surface area contributed by atoms with E-state index in [9.17, 15) is 0 Å². The van der Waals surface area contributed by atoms with Gasteiger partial charge in [0.15, 0.2) is 11.5 Å². The van der Waals surface area contributed by atoms with Gasteiger partial charge in [0.2, 0.25) is 0 Å². The van der Waals surface area contributed by atoms with Gasteiger partial charge in [0.05, 0.1) is 24.3 Å². The molecule has 0 radical (unpaired) electrons. The molecular weight excluding hydrogens is 485 g/mol. The van der Waals surface area contributed by atoms with E-state index in [2.05, 4.69) is 20.8 Å². The normalized spacial score (nSPS) is 14.1. The van der Waals surface area contributed by atoms with E-state index < -0.39 is 0 Å². The quantitative estimate of drug-likeness (QED) is 0.468. The van der Waals surface area contributed by atoms with Crippen molar-refractivity contribution in [2.75, 3.05) is 32.9 Å². The van der Waals surface area contributed by atoms with Crippen molar-refractivity contribution in [3.05, 3.63) is 56.0 Å². The number of ether oxygens (including phenoxy) is 3. The summed E-state index contributed by atoms with van der Waals surface area (Å²) in [7, 11) is 0. The second-order valence-electron chi connectivity index (χ2n) is 6.15. The van der Waals surface area contributed by atoms with Crippen molar-refractivity contribution in [1.82, 2.24) is 4.90 Å². The summed E-state index contributed by atoms with van der Waals surface area (Å²) in [6.07, 6.45) is 0. The number of nitrogens with zero attached hydrogens (tertiary/aromatic N) is 1. The van der Waals surface area contributed by atoms with Crippen LogP contribution in [0, 0.1) is 0 Å². The van der Waals surface area contributed by atoms with Crippen LogP contribution in [-0.4, -0.2) is 42.8 Å². The standard InChI is InChI=1S/C20H20BrCl2NO3S/c1-2-26-18-10-14(20(28)24-5-7-25-8-6-24)9-16(21)19(18)27-12-13-3-4-15(22)11-17(13)23/h3-4,9-11H,2,5-8,12H2,1H3. The van der Waals surface area contributed by atoms with Crippen molar-refractivity contribution in [2.24, 2.45) is 0 Å². The Bertz CT molecular complexity index is 860. The van der Waals surface area contributed by atoms with Gasteiger partial charge in [-0.2, -0.15) is 0 Å². The summed E-state index contributed by atoms with van der Waals surface area (Å²) < 4.78 is 18.0. The summed E-state index contributed by atoms with van der Waals surface area (Å²) in [5.74, 6) is 1.24. The Morgan fingerprint density at radius 3 is 2.61 bits per heavy atom. The topological polar surface area (TPSA) is 30.9 Å². The van der Waals surface area contributed by atoms with E-state index in [1.807, 2.05) is 25.1 Å². The van der Waals surface area contributed by atoms with Crippen molar-refractivity contribution >= 4 is 56.3 Å². The highest BCUT2D eigenvalue weighted by molar-refractivity contribution is 9.10. The zero-order chi connectivity index (χ0) is 20.1. The molecule has 0 amide bonds. The van der Waals surface area contributed by atoms with Crippen LogP contribution in [0.15, 0.2) is 34.8 Å². The summed E-state index contributed by atoms with van der Waals surface area (Å²) in [6, 6.07) is 9.21. The second-order valence-corrected chi connectivity index (χ2v) is 8.23. The molecule has 0 unspecified atom stereocenters. The number of hydrogen-bond donors (Lipinski definition) is 0. The maximum Gasteiger partial charge on any atom is 0.175 e. The number of hydrogen-bond acceptors (Lipinski definition) is 4. The minimum atomic E-state index is 0.294. The third-order valence-electron chi connectivity index (χ3n) is 4.24. The van der Waals surface area contributed by atoms with Gasteiger partial charge in [-0.3, -0.25) is 0 Å². The van der Waals surface area contributed by atoms with Crippen molar-refractivity contribution in [3.8, 4) is 11.5 Å².